The lowest BCUT2D eigenvalue weighted by atomic mass is 10.2. The van der Waals surface area contributed by atoms with Crippen LogP contribution in [0.5, 0.6) is 0 Å². The van der Waals surface area contributed by atoms with Gasteiger partial charge in [-0.3, -0.25) is 0 Å². The SMILES string of the molecule is CCNC(/C=C\N)=C/C(C)C. The second-order valence-electron chi connectivity index (χ2n) is 2.76. The third-order valence-corrected chi connectivity index (χ3v) is 1.17. The molecule has 0 radical (unpaired) electrons. The van der Waals surface area contributed by atoms with E-state index >= 15 is 0 Å². The molecule has 0 heterocycles. The molecule has 0 fully saturated rings. The fraction of sp³-hybridized carbons (Fsp3) is 0.556. The molecule has 0 spiro atoms. The zero-order valence-corrected chi connectivity index (χ0v) is 7.59. The van der Waals surface area contributed by atoms with Gasteiger partial charge in [-0.05, 0) is 25.1 Å². The van der Waals surface area contributed by atoms with Crippen molar-refractivity contribution in [1.82, 2.24) is 5.32 Å². The minimum Gasteiger partial charge on any atom is -0.405 e. The van der Waals surface area contributed by atoms with Gasteiger partial charge in [-0.1, -0.05) is 19.9 Å². The first-order valence-corrected chi connectivity index (χ1v) is 4.04. The Morgan fingerprint density at radius 2 is 2.18 bits per heavy atom. The summed E-state index contributed by atoms with van der Waals surface area (Å²) in [5.41, 5.74) is 6.38. The molecule has 64 valence electrons. The van der Waals surface area contributed by atoms with Gasteiger partial charge in [0.05, 0.1) is 0 Å². The van der Waals surface area contributed by atoms with Crippen LogP contribution in [0.25, 0.3) is 0 Å². The summed E-state index contributed by atoms with van der Waals surface area (Å²) in [6, 6.07) is 0. The van der Waals surface area contributed by atoms with E-state index in [4.69, 9.17) is 5.73 Å². The summed E-state index contributed by atoms with van der Waals surface area (Å²) in [6.45, 7) is 7.28. The van der Waals surface area contributed by atoms with Crippen LogP contribution in [-0.2, 0) is 0 Å². The molecule has 3 N–H and O–H groups in total. The highest BCUT2D eigenvalue weighted by Gasteiger charge is 1.90. The van der Waals surface area contributed by atoms with Gasteiger partial charge in [0.15, 0.2) is 0 Å². The van der Waals surface area contributed by atoms with Crippen molar-refractivity contribution in [3.63, 3.8) is 0 Å². The van der Waals surface area contributed by atoms with Gasteiger partial charge >= 0.3 is 0 Å². The normalized spacial score (nSPS) is 12.9. The smallest absolute Gasteiger partial charge is 0.0316 e. The van der Waals surface area contributed by atoms with Gasteiger partial charge in [0.25, 0.3) is 0 Å². The molecular formula is C9H18N2. The fourth-order valence-electron chi connectivity index (χ4n) is 0.840. The molecule has 0 aliphatic rings. The highest BCUT2D eigenvalue weighted by Crippen LogP contribution is 1.99. The van der Waals surface area contributed by atoms with Crippen molar-refractivity contribution in [2.45, 2.75) is 20.8 Å². The Bertz CT molecular complexity index is 146. The lowest BCUT2D eigenvalue weighted by molar-refractivity contribution is 0.791. The summed E-state index contributed by atoms with van der Waals surface area (Å²) in [7, 11) is 0. The summed E-state index contributed by atoms with van der Waals surface area (Å²) in [4.78, 5) is 0. The van der Waals surface area contributed by atoms with Crippen LogP contribution in [0, 0.1) is 5.92 Å². The summed E-state index contributed by atoms with van der Waals surface area (Å²) >= 11 is 0. The summed E-state index contributed by atoms with van der Waals surface area (Å²) in [5.74, 6) is 0.556. The maximum Gasteiger partial charge on any atom is 0.0316 e. The first kappa shape index (κ1) is 10.1. The molecule has 0 atom stereocenters. The number of nitrogens with two attached hydrogens (primary N) is 1. The van der Waals surface area contributed by atoms with Crippen molar-refractivity contribution in [2.75, 3.05) is 6.54 Å². The Hall–Kier alpha value is -0.920. The van der Waals surface area contributed by atoms with Crippen LogP contribution in [-0.4, -0.2) is 6.54 Å². The van der Waals surface area contributed by atoms with E-state index in [0.29, 0.717) is 5.92 Å². The summed E-state index contributed by atoms with van der Waals surface area (Å²) in [6.07, 6.45) is 5.58. The molecule has 0 saturated carbocycles. The van der Waals surface area contributed by atoms with Crippen LogP contribution < -0.4 is 11.1 Å². The predicted octanol–water partition coefficient (Wildman–Crippen LogP) is 1.61. The molecule has 11 heavy (non-hydrogen) atoms. The molecule has 0 aromatic heterocycles. The monoisotopic (exact) mass is 154 g/mol. The van der Waals surface area contributed by atoms with Crippen molar-refractivity contribution in [3.05, 3.63) is 24.0 Å². The van der Waals surface area contributed by atoms with E-state index in [-0.39, 0.29) is 0 Å². The predicted molar refractivity (Wildman–Crippen MR) is 49.9 cm³/mol. The van der Waals surface area contributed by atoms with Gasteiger partial charge < -0.3 is 11.1 Å². The Morgan fingerprint density at radius 1 is 1.55 bits per heavy atom. The molecule has 0 aliphatic heterocycles. The van der Waals surface area contributed by atoms with Crippen molar-refractivity contribution in [1.29, 1.82) is 0 Å². The molecule has 2 nitrogen and oxygen atoms in total. The first-order chi connectivity index (χ1) is 5.20. The molecule has 0 saturated heterocycles. The first-order valence-electron chi connectivity index (χ1n) is 4.04. The molecule has 0 aliphatic carbocycles. The number of hydrogen-bond donors (Lipinski definition) is 2. The van der Waals surface area contributed by atoms with Crippen LogP contribution in [0.3, 0.4) is 0 Å². The van der Waals surface area contributed by atoms with E-state index in [9.17, 15) is 0 Å². The Morgan fingerprint density at radius 3 is 2.55 bits per heavy atom. The highest BCUT2D eigenvalue weighted by atomic mass is 14.9. The number of allylic oxidation sites excluding steroid dienone is 2. The van der Waals surface area contributed by atoms with Gasteiger partial charge in [0.2, 0.25) is 0 Å². The van der Waals surface area contributed by atoms with Crippen LogP contribution in [0.2, 0.25) is 0 Å². The third-order valence-electron chi connectivity index (χ3n) is 1.17. The number of rotatable bonds is 4. The van der Waals surface area contributed by atoms with Crippen LogP contribution in [0.4, 0.5) is 0 Å². The topological polar surface area (TPSA) is 38.0 Å². The van der Waals surface area contributed by atoms with Crippen LogP contribution in [0.1, 0.15) is 20.8 Å². The summed E-state index contributed by atoms with van der Waals surface area (Å²) in [5, 5.41) is 3.21. The zero-order chi connectivity index (χ0) is 8.69. The lowest BCUT2D eigenvalue weighted by Crippen LogP contribution is -2.11. The van der Waals surface area contributed by atoms with Gasteiger partial charge in [0.1, 0.15) is 0 Å². The largest absolute Gasteiger partial charge is 0.405 e. The Labute approximate surface area is 69.2 Å². The van der Waals surface area contributed by atoms with E-state index in [1.165, 1.54) is 0 Å². The van der Waals surface area contributed by atoms with Crippen LogP contribution >= 0.6 is 0 Å². The minimum absolute atomic E-state index is 0.556. The number of hydrogen-bond acceptors (Lipinski definition) is 2. The third kappa shape index (κ3) is 5.52. The molecule has 0 rings (SSSR count). The molecule has 0 aromatic carbocycles. The van der Waals surface area contributed by atoms with Crippen molar-refractivity contribution >= 4 is 0 Å². The van der Waals surface area contributed by atoms with Gasteiger partial charge in [-0.25, -0.2) is 0 Å². The van der Waals surface area contributed by atoms with E-state index in [1.54, 1.807) is 6.20 Å². The van der Waals surface area contributed by atoms with Gasteiger partial charge in [0, 0.05) is 12.2 Å². The summed E-state index contributed by atoms with van der Waals surface area (Å²) < 4.78 is 0. The maximum absolute atomic E-state index is 5.27. The number of nitrogens with one attached hydrogen (secondary N) is 1. The highest BCUT2D eigenvalue weighted by molar-refractivity contribution is 5.16. The average molecular weight is 154 g/mol. The number of likely N-dealkylation sites (N-methyl/N-ethyl adjacent to an activating group) is 1. The molecule has 0 aromatic rings. The van der Waals surface area contributed by atoms with Gasteiger partial charge in [-0.15, -0.1) is 0 Å². The molecular weight excluding hydrogens is 136 g/mol. The second-order valence-corrected chi connectivity index (χ2v) is 2.76. The zero-order valence-electron chi connectivity index (χ0n) is 7.59. The van der Waals surface area contributed by atoms with E-state index < -0.39 is 0 Å². The molecule has 2 heteroatoms. The molecule has 0 bridgehead atoms. The minimum atomic E-state index is 0.556. The lowest BCUT2D eigenvalue weighted by Gasteiger charge is -2.05. The fourth-order valence-corrected chi connectivity index (χ4v) is 0.840. The Balaban J connectivity index is 4.08. The maximum atomic E-state index is 5.27. The van der Waals surface area contributed by atoms with Crippen molar-refractivity contribution in [2.24, 2.45) is 11.7 Å². The standard InChI is InChI=1S/C9H18N2/c1-4-11-9(5-6-10)7-8(2)3/h5-8,11H,4,10H2,1-3H3/b6-5-,9-7+. The average Bonchev–Trinajstić information content (AvgIpc) is 1.87. The van der Waals surface area contributed by atoms with Crippen LogP contribution in [0.15, 0.2) is 24.0 Å². The van der Waals surface area contributed by atoms with Crippen molar-refractivity contribution < 1.29 is 0 Å². The van der Waals surface area contributed by atoms with Gasteiger partial charge in [-0.2, -0.15) is 0 Å². The quantitative estimate of drug-likeness (QED) is 0.604. The molecule has 0 amide bonds. The van der Waals surface area contributed by atoms with E-state index in [1.807, 2.05) is 6.08 Å². The van der Waals surface area contributed by atoms with Crippen molar-refractivity contribution in [3.8, 4) is 0 Å². The van der Waals surface area contributed by atoms with E-state index in [0.717, 1.165) is 12.2 Å². The second kappa shape index (κ2) is 5.83. The van der Waals surface area contributed by atoms with E-state index in [2.05, 4.69) is 32.2 Å². The Kier molecular flexibility index (Phi) is 5.35. The molecule has 0 unspecified atom stereocenters.